The number of nitrogens with zero attached hydrogens (tertiary/aromatic N) is 1. The average Bonchev–Trinajstić information content (AvgIpc) is 2.88. The van der Waals surface area contributed by atoms with Gasteiger partial charge in [0.15, 0.2) is 0 Å². The van der Waals surface area contributed by atoms with Gasteiger partial charge in [-0.3, -0.25) is 4.90 Å². The van der Waals surface area contributed by atoms with E-state index in [2.05, 4.69) is 5.32 Å². The molecule has 1 aliphatic heterocycles. The van der Waals surface area contributed by atoms with Gasteiger partial charge in [0, 0.05) is 18.3 Å². The number of hydrogen-bond donors (Lipinski definition) is 2. The van der Waals surface area contributed by atoms with Crippen LogP contribution in [-0.2, 0) is 0 Å². The molecule has 1 aliphatic carbocycles. The molecule has 1 aromatic rings. The zero-order valence-electron chi connectivity index (χ0n) is 8.23. The third-order valence-corrected chi connectivity index (χ3v) is 3.16. The largest absolute Gasteiger partial charge is 0.508 e. The lowest BCUT2D eigenvalue weighted by molar-refractivity contribution is 0.251. The van der Waals surface area contributed by atoms with Crippen LogP contribution in [0.4, 0.5) is 10.5 Å². The first kappa shape index (κ1) is 8.59. The summed E-state index contributed by atoms with van der Waals surface area (Å²) >= 11 is 0. The lowest BCUT2D eigenvalue weighted by Gasteiger charge is -2.22. The number of aromatic hydroxyl groups is 1. The molecule has 1 saturated carbocycles. The summed E-state index contributed by atoms with van der Waals surface area (Å²) in [5.74, 6) is 0.197. The van der Waals surface area contributed by atoms with Crippen molar-refractivity contribution in [2.45, 2.75) is 18.4 Å². The molecule has 78 valence electrons. The van der Waals surface area contributed by atoms with Gasteiger partial charge in [-0.1, -0.05) is 6.07 Å². The smallest absolute Gasteiger partial charge is 0.322 e. The van der Waals surface area contributed by atoms with E-state index in [-0.39, 0.29) is 17.3 Å². The fraction of sp³-hybridized carbons (Fsp3) is 0.364. The van der Waals surface area contributed by atoms with Crippen molar-refractivity contribution in [3.05, 3.63) is 24.3 Å². The van der Waals surface area contributed by atoms with Gasteiger partial charge in [-0.25, -0.2) is 4.79 Å². The molecule has 2 aliphatic rings. The van der Waals surface area contributed by atoms with Crippen LogP contribution in [0.2, 0.25) is 0 Å². The van der Waals surface area contributed by atoms with Gasteiger partial charge in [0.2, 0.25) is 0 Å². The monoisotopic (exact) mass is 204 g/mol. The summed E-state index contributed by atoms with van der Waals surface area (Å²) in [5, 5.41) is 12.2. The number of carbonyl (C=O) groups is 1. The minimum absolute atomic E-state index is 0.00905. The summed E-state index contributed by atoms with van der Waals surface area (Å²) in [4.78, 5) is 13.4. The van der Waals surface area contributed by atoms with Crippen LogP contribution in [0.3, 0.4) is 0 Å². The van der Waals surface area contributed by atoms with Crippen LogP contribution in [0.5, 0.6) is 5.75 Å². The maximum atomic E-state index is 11.7. The van der Waals surface area contributed by atoms with Crippen LogP contribution in [0.15, 0.2) is 24.3 Å². The molecule has 0 radical (unpaired) electrons. The quantitative estimate of drug-likeness (QED) is 0.727. The molecule has 1 spiro atoms. The Morgan fingerprint density at radius 2 is 2.20 bits per heavy atom. The molecule has 2 fully saturated rings. The van der Waals surface area contributed by atoms with Crippen molar-refractivity contribution in [2.75, 3.05) is 11.4 Å². The summed E-state index contributed by atoms with van der Waals surface area (Å²) in [6.45, 7) is 0.724. The van der Waals surface area contributed by atoms with Crippen LogP contribution in [-0.4, -0.2) is 23.2 Å². The molecular formula is C11H12N2O2. The Hall–Kier alpha value is -1.71. The Morgan fingerprint density at radius 1 is 1.40 bits per heavy atom. The topological polar surface area (TPSA) is 52.6 Å². The molecule has 4 nitrogen and oxygen atoms in total. The Labute approximate surface area is 87.5 Å². The highest BCUT2D eigenvalue weighted by Crippen LogP contribution is 2.46. The number of phenols is 1. The molecule has 0 aromatic heterocycles. The van der Waals surface area contributed by atoms with Crippen molar-refractivity contribution < 1.29 is 9.90 Å². The molecule has 3 rings (SSSR count). The first-order valence-electron chi connectivity index (χ1n) is 5.08. The molecule has 0 bridgehead atoms. The van der Waals surface area contributed by atoms with E-state index >= 15 is 0 Å². The van der Waals surface area contributed by atoms with Gasteiger partial charge in [-0.05, 0) is 25.0 Å². The fourth-order valence-corrected chi connectivity index (χ4v) is 2.18. The number of amides is 2. The Bertz CT molecular complexity index is 426. The van der Waals surface area contributed by atoms with Gasteiger partial charge < -0.3 is 10.4 Å². The second-order valence-corrected chi connectivity index (χ2v) is 4.24. The molecule has 2 N–H and O–H groups in total. The van der Waals surface area contributed by atoms with Crippen LogP contribution >= 0.6 is 0 Å². The number of rotatable bonds is 1. The van der Waals surface area contributed by atoms with Crippen LogP contribution in [0, 0.1) is 0 Å². The van der Waals surface area contributed by atoms with Crippen molar-refractivity contribution in [2.24, 2.45) is 0 Å². The van der Waals surface area contributed by atoms with Crippen molar-refractivity contribution in [3.63, 3.8) is 0 Å². The second kappa shape index (κ2) is 2.66. The van der Waals surface area contributed by atoms with Crippen LogP contribution in [0.25, 0.3) is 0 Å². The zero-order valence-corrected chi connectivity index (χ0v) is 8.23. The third kappa shape index (κ3) is 1.17. The summed E-state index contributed by atoms with van der Waals surface area (Å²) < 4.78 is 0. The summed E-state index contributed by atoms with van der Waals surface area (Å²) in [7, 11) is 0. The fourth-order valence-electron chi connectivity index (χ4n) is 2.18. The lowest BCUT2D eigenvalue weighted by Crippen LogP contribution is -2.35. The highest BCUT2D eigenvalue weighted by molar-refractivity contribution is 5.97. The highest BCUT2D eigenvalue weighted by Gasteiger charge is 2.55. The number of carbonyl (C=O) groups excluding carboxylic acids is 1. The predicted octanol–water partition coefficient (Wildman–Crippen LogP) is 1.45. The Kier molecular flexibility index (Phi) is 1.52. The Morgan fingerprint density at radius 3 is 2.87 bits per heavy atom. The van der Waals surface area contributed by atoms with Gasteiger partial charge in [-0.15, -0.1) is 0 Å². The second-order valence-electron chi connectivity index (χ2n) is 4.24. The van der Waals surface area contributed by atoms with Crippen LogP contribution in [0.1, 0.15) is 12.8 Å². The first-order chi connectivity index (χ1) is 7.21. The molecule has 0 unspecified atom stereocenters. The number of phenolic OH excluding ortho intramolecular Hbond substituents is 1. The van der Waals surface area contributed by atoms with E-state index in [1.54, 1.807) is 23.1 Å². The maximum absolute atomic E-state index is 11.7. The van der Waals surface area contributed by atoms with Gasteiger partial charge in [0.25, 0.3) is 0 Å². The van der Waals surface area contributed by atoms with Crippen molar-refractivity contribution in [3.8, 4) is 5.75 Å². The van der Waals surface area contributed by atoms with E-state index in [0.29, 0.717) is 0 Å². The number of urea groups is 1. The summed E-state index contributed by atoms with van der Waals surface area (Å²) in [6.07, 6.45) is 2.09. The van der Waals surface area contributed by atoms with Gasteiger partial charge in [0.05, 0.1) is 5.54 Å². The van der Waals surface area contributed by atoms with E-state index in [9.17, 15) is 9.90 Å². The lowest BCUT2D eigenvalue weighted by atomic mass is 10.2. The third-order valence-electron chi connectivity index (χ3n) is 3.16. The SMILES string of the molecule is O=C1NCC2(CC2)N1c1cccc(O)c1. The molecule has 1 aromatic carbocycles. The molecule has 2 amide bonds. The van der Waals surface area contributed by atoms with Crippen LogP contribution < -0.4 is 10.2 Å². The Balaban J connectivity index is 2.02. The van der Waals surface area contributed by atoms with Gasteiger partial charge in [-0.2, -0.15) is 0 Å². The molecule has 1 saturated heterocycles. The molecule has 0 atom stereocenters. The summed E-state index contributed by atoms with van der Waals surface area (Å²) in [5.41, 5.74) is 0.771. The summed E-state index contributed by atoms with van der Waals surface area (Å²) in [6, 6.07) is 6.79. The highest BCUT2D eigenvalue weighted by atomic mass is 16.3. The standard InChI is InChI=1S/C11H12N2O2/c14-9-3-1-2-8(6-9)13-10(15)12-7-11(13)4-5-11/h1-3,6,14H,4-5,7H2,(H,12,15). The predicted molar refractivity (Wildman–Crippen MR) is 55.9 cm³/mol. The normalized spacial score (nSPS) is 21.9. The maximum Gasteiger partial charge on any atom is 0.322 e. The van der Waals surface area contributed by atoms with Crippen molar-refractivity contribution in [1.82, 2.24) is 5.32 Å². The number of nitrogens with one attached hydrogen (secondary N) is 1. The average molecular weight is 204 g/mol. The minimum Gasteiger partial charge on any atom is -0.508 e. The molecule has 4 heteroatoms. The molecular weight excluding hydrogens is 192 g/mol. The number of hydrogen-bond acceptors (Lipinski definition) is 2. The van der Waals surface area contributed by atoms with Gasteiger partial charge in [0.1, 0.15) is 5.75 Å². The first-order valence-corrected chi connectivity index (χ1v) is 5.08. The van der Waals surface area contributed by atoms with E-state index < -0.39 is 0 Å². The van der Waals surface area contributed by atoms with Gasteiger partial charge >= 0.3 is 6.03 Å². The van der Waals surface area contributed by atoms with Crippen molar-refractivity contribution >= 4 is 11.7 Å². The van der Waals surface area contributed by atoms with E-state index in [1.807, 2.05) is 6.07 Å². The number of anilines is 1. The molecule has 15 heavy (non-hydrogen) atoms. The van der Waals surface area contributed by atoms with Crippen molar-refractivity contribution in [1.29, 1.82) is 0 Å². The number of benzene rings is 1. The minimum atomic E-state index is -0.0573. The zero-order chi connectivity index (χ0) is 10.5. The van der Waals surface area contributed by atoms with E-state index in [1.165, 1.54) is 0 Å². The molecule has 1 heterocycles. The van der Waals surface area contributed by atoms with E-state index in [0.717, 1.165) is 25.1 Å². The van der Waals surface area contributed by atoms with E-state index in [4.69, 9.17) is 0 Å².